The van der Waals surface area contributed by atoms with Crippen molar-refractivity contribution in [2.75, 3.05) is 25.1 Å². The van der Waals surface area contributed by atoms with Crippen LogP contribution >= 0.6 is 0 Å². The van der Waals surface area contributed by atoms with Crippen molar-refractivity contribution in [2.24, 2.45) is 7.05 Å². The van der Waals surface area contributed by atoms with E-state index in [1.807, 2.05) is 24.1 Å². The molecule has 0 bridgehead atoms. The van der Waals surface area contributed by atoms with Crippen molar-refractivity contribution in [3.8, 4) is 0 Å². The van der Waals surface area contributed by atoms with E-state index in [1.54, 1.807) is 0 Å². The van der Waals surface area contributed by atoms with Crippen LogP contribution < -0.4 is 4.90 Å². The number of anilines is 1. The lowest BCUT2D eigenvalue weighted by molar-refractivity contribution is 0.0216. The highest BCUT2D eigenvalue weighted by molar-refractivity contribution is 5.41. The molecule has 1 aliphatic rings. The zero-order valence-corrected chi connectivity index (χ0v) is 9.52. The number of aromatic nitrogens is 2. The Morgan fingerprint density at radius 1 is 1.60 bits per heavy atom. The first-order valence-electron chi connectivity index (χ1n) is 5.57. The minimum atomic E-state index is 0.393. The quantitative estimate of drug-likeness (QED) is 0.754. The summed E-state index contributed by atoms with van der Waals surface area (Å²) in [5.74, 6) is 0. The second kappa shape index (κ2) is 4.66. The summed E-state index contributed by atoms with van der Waals surface area (Å²) in [5.41, 5.74) is 1.16. The third-order valence-electron chi connectivity index (χ3n) is 2.88. The van der Waals surface area contributed by atoms with Gasteiger partial charge in [-0.3, -0.25) is 4.68 Å². The summed E-state index contributed by atoms with van der Waals surface area (Å²) in [6.45, 7) is 1.89. The Kier molecular flexibility index (Phi) is 3.26. The van der Waals surface area contributed by atoms with Crippen molar-refractivity contribution in [3.63, 3.8) is 0 Å². The first kappa shape index (κ1) is 10.5. The Hall–Kier alpha value is -1.03. The van der Waals surface area contributed by atoms with E-state index in [4.69, 9.17) is 4.74 Å². The molecule has 1 saturated heterocycles. The van der Waals surface area contributed by atoms with Crippen LogP contribution in [0, 0.1) is 0 Å². The molecule has 1 fully saturated rings. The first-order valence-corrected chi connectivity index (χ1v) is 5.57. The summed E-state index contributed by atoms with van der Waals surface area (Å²) in [5, 5.41) is 4.16. The monoisotopic (exact) mass is 209 g/mol. The number of rotatable bonds is 3. The lowest BCUT2D eigenvalue weighted by Gasteiger charge is -2.27. The van der Waals surface area contributed by atoms with Crippen LogP contribution in [0.2, 0.25) is 0 Å². The van der Waals surface area contributed by atoms with Crippen LogP contribution in [0.1, 0.15) is 19.3 Å². The van der Waals surface area contributed by atoms with Gasteiger partial charge in [-0.25, -0.2) is 0 Å². The number of hydrogen-bond acceptors (Lipinski definition) is 3. The predicted octanol–water partition coefficient (Wildman–Crippen LogP) is 1.43. The molecule has 0 unspecified atom stereocenters. The second-order valence-corrected chi connectivity index (χ2v) is 4.24. The molecule has 1 aromatic heterocycles. The Balaban J connectivity index is 1.88. The molecule has 15 heavy (non-hydrogen) atoms. The Morgan fingerprint density at radius 2 is 2.47 bits per heavy atom. The molecule has 0 radical (unpaired) electrons. The molecule has 2 rings (SSSR count). The van der Waals surface area contributed by atoms with Crippen LogP contribution in [0.25, 0.3) is 0 Å². The van der Waals surface area contributed by atoms with Gasteiger partial charge in [0.1, 0.15) is 0 Å². The van der Waals surface area contributed by atoms with Crippen molar-refractivity contribution in [3.05, 3.63) is 12.4 Å². The molecule has 4 heteroatoms. The van der Waals surface area contributed by atoms with Gasteiger partial charge in [0.25, 0.3) is 0 Å². The van der Waals surface area contributed by atoms with Gasteiger partial charge in [-0.1, -0.05) is 0 Å². The van der Waals surface area contributed by atoms with E-state index >= 15 is 0 Å². The van der Waals surface area contributed by atoms with Crippen molar-refractivity contribution in [2.45, 2.75) is 25.4 Å². The van der Waals surface area contributed by atoms with Gasteiger partial charge in [0.2, 0.25) is 0 Å². The van der Waals surface area contributed by atoms with E-state index in [9.17, 15) is 0 Å². The largest absolute Gasteiger partial charge is 0.376 e. The normalized spacial score (nSPS) is 21.6. The van der Waals surface area contributed by atoms with Gasteiger partial charge >= 0.3 is 0 Å². The van der Waals surface area contributed by atoms with Crippen LogP contribution in [0.3, 0.4) is 0 Å². The lowest BCUT2D eigenvalue weighted by Crippen LogP contribution is -2.33. The van der Waals surface area contributed by atoms with Crippen molar-refractivity contribution in [1.82, 2.24) is 9.78 Å². The van der Waals surface area contributed by atoms with Gasteiger partial charge in [-0.05, 0) is 19.3 Å². The molecule has 4 nitrogen and oxygen atoms in total. The standard InChI is InChI=1S/C11H19N3O/c1-13(10-7-12-14(2)8-10)9-11-5-3-4-6-15-11/h7-8,11H,3-6,9H2,1-2H3/t11-/m0/s1. The smallest absolute Gasteiger partial charge is 0.0750 e. The first-order chi connectivity index (χ1) is 7.25. The SMILES string of the molecule is CN(C[C@@H]1CCCCO1)c1cnn(C)c1. The number of ether oxygens (including phenoxy) is 1. The number of aryl methyl sites for hydroxylation is 1. The number of likely N-dealkylation sites (N-methyl/N-ethyl adjacent to an activating group) is 1. The molecule has 1 atom stereocenters. The van der Waals surface area contributed by atoms with Gasteiger partial charge in [0, 0.05) is 33.4 Å². The van der Waals surface area contributed by atoms with Crippen LogP contribution in [0.5, 0.6) is 0 Å². The van der Waals surface area contributed by atoms with E-state index in [0.717, 1.165) is 18.8 Å². The number of nitrogens with zero attached hydrogens (tertiary/aromatic N) is 3. The summed E-state index contributed by atoms with van der Waals surface area (Å²) < 4.78 is 7.53. The maximum atomic E-state index is 5.71. The molecule has 84 valence electrons. The second-order valence-electron chi connectivity index (χ2n) is 4.24. The molecule has 0 spiro atoms. The van der Waals surface area contributed by atoms with Crippen LogP contribution in [0.15, 0.2) is 12.4 Å². The maximum absolute atomic E-state index is 5.71. The Bertz CT molecular complexity index is 305. The zero-order chi connectivity index (χ0) is 10.7. The summed E-state index contributed by atoms with van der Waals surface area (Å²) in [6, 6.07) is 0. The molecule has 0 saturated carbocycles. The fourth-order valence-corrected chi connectivity index (χ4v) is 1.97. The molecule has 0 aliphatic carbocycles. The van der Waals surface area contributed by atoms with E-state index in [-0.39, 0.29) is 0 Å². The van der Waals surface area contributed by atoms with E-state index in [2.05, 4.69) is 17.0 Å². The topological polar surface area (TPSA) is 30.3 Å². The maximum Gasteiger partial charge on any atom is 0.0750 e. The van der Waals surface area contributed by atoms with Crippen LogP contribution in [-0.2, 0) is 11.8 Å². The van der Waals surface area contributed by atoms with Crippen LogP contribution in [-0.4, -0.2) is 36.1 Å². The summed E-state index contributed by atoms with van der Waals surface area (Å²) in [4.78, 5) is 2.21. The van der Waals surface area contributed by atoms with Crippen molar-refractivity contribution in [1.29, 1.82) is 0 Å². The van der Waals surface area contributed by atoms with E-state index < -0.39 is 0 Å². The van der Waals surface area contributed by atoms with Gasteiger partial charge in [0.15, 0.2) is 0 Å². The van der Waals surface area contributed by atoms with Gasteiger partial charge < -0.3 is 9.64 Å². The average molecular weight is 209 g/mol. The molecule has 0 amide bonds. The van der Waals surface area contributed by atoms with Crippen molar-refractivity contribution >= 4 is 5.69 Å². The molecule has 1 aliphatic heterocycles. The van der Waals surface area contributed by atoms with Gasteiger partial charge in [-0.15, -0.1) is 0 Å². The van der Waals surface area contributed by atoms with E-state index in [0.29, 0.717) is 6.10 Å². The molecular formula is C11H19N3O. The molecular weight excluding hydrogens is 190 g/mol. The average Bonchev–Trinajstić information content (AvgIpc) is 2.66. The predicted molar refractivity (Wildman–Crippen MR) is 60.1 cm³/mol. The third-order valence-corrected chi connectivity index (χ3v) is 2.88. The molecule has 1 aromatic rings. The fraction of sp³-hybridized carbons (Fsp3) is 0.727. The highest BCUT2D eigenvalue weighted by Crippen LogP contribution is 2.16. The van der Waals surface area contributed by atoms with Gasteiger partial charge in [-0.2, -0.15) is 5.10 Å². The minimum Gasteiger partial charge on any atom is -0.376 e. The lowest BCUT2D eigenvalue weighted by atomic mass is 10.1. The van der Waals surface area contributed by atoms with Gasteiger partial charge in [0.05, 0.1) is 18.0 Å². The zero-order valence-electron chi connectivity index (χ0n) is 9.52. The summed E-state index contributed by atoms with van der Waals surface area (Å²) >= 11 is 0. The third kappa shape index (κ3) is 2.72. The summed E-state index contributed by atoms with van der Waals surface area (Å²) in [6.07, 6.45) is 8.01. The van der Waals surface area contributed by atoms with E-state index in [1.165, 1.54) is 19.3 Å². The molecule has 0 aromatic carbocycles. The highest BCUT2D eigenvalue weighted by atomic mass is 16.5. The Labute approximate surface area is 90.8 Å². The minimum absolute atomic E-state index is 0.393. The summed E-state index contributed by atoms with van der Waals surface area (Å²) in [7, 11) is 4.03. The van der Waals surface area contributed by atoms with Crippen molar-refractivity contribution < 1.29 is 4.74 Å². The highest BCUT2D eigenvalue weighted by Gasteiger charge is 2.16. The number of hydrogen-bond donors (Lipinski definition) is 0. The van der Waals surface area contributed by atoms with Crippen LogP contribution in [0.4, 0.5) is 5.69 Å². The molecule has 0 N–H and O–H groups in total. The fourth-order valence-electron chi connectivity index (χ4n) is 1.97. The Morgan fingerprint density at radius 3 is 3.07 bits per heavy atom. The molecule has 2 heterocycles.